The van der Waals surface area contributed by atoms with Crippen molar-refractivity contribution in [1.82, 2.24) is 14.7 Å². The van der Waals surface area contributed by atoms with Crippen LogP contribution in [-0.4, -0.2) is 51.0 Å². The van der Waals surface area contributed by atoms with Gasteiger partial charge >= 0.3 is 0 Å². The van der Waals surface area contributed by atoms with E-state index in [1.54, 1.807) is 11.1 Å². The van der Waals surface area contributed by atoms with Crippen molar-refractivity contribution in [1.29, 1.82) is 0 Å². The Balaban J connectivity index is 1.44. The van der Waals surface area contributed by atoms with Gasteiger partial charge in [0.2, 0.25) is 5.91 Å². The number of carbonyl (C=O) groups excluding carboxylic acids is 1. The number of amides is 1. The van der Waals surface area contributed by atoms with Gasteiger partial charge in [0.15, 0.2) is 0 Å². The van der Waals surface area contributed by atoms with Gasteiger partial charge in [0.1, 0.15) is 18.0 Å². The standard InChI is InChI=1S/C19H25N3O3/c1-16-5-2-6-17(13-16)25-15-19(24)8-12-21(14-19)18(23)7-3-10-22-11-4-9-20-22/h2,4-6,9,11,13,24H,3,7-8,10,12,14-15H2,1H3. The number of likely N-dealkylation sites (tertiary alicyclic amines) is 1. The molecule has 6 nitrogen and oxygen atoms in total. The highest BCUT2D eigenvalue weighted by Gasteiger charge is 2.38. The Kier molecular flexibility index (Phi) is 5.38. The molecule has 3 rings (SSSR count). The molecule has 0 bridgehead atoms. The minimum absolute atomic E-state index is 0.0821. The van der Waals surface area contributed by atoms with Crippen LogP contribution in [0.5, 0.6) is 5.75 Å². The number of hydrogen-bond acceptors (Lipinski definition) is 4. The summed E-state index contributed by atoms with van der Waals surface area (Å²) in [6.07, 6.45) is 5.38. The van der Waals surface area contributed by atoms with E-state index in [2.05, 4.69) is 5.10 Å². The largest absolute Gasteiger partial charge is 0.491 e. The molecule has 1 amide bonds. The minimum atomic E-state index is -0.971. The molecule has 6 heteroatoms. The van der Waals surface area contributed by atoms with E-state index in [-0.39, 0.29) is 12.5 Å². The molecule has 1 unspecified atom stereocenters. The topological polar surface area (TPSA) is 67.6 Å². The Labute approximate surface area is 148 Å². The first-order valence-electron chi connectivity index (χ1n) is 8.71. The third-order valence-electron chi connectivity index (χ3n) is 4.52. The molecular formula is C19H25N3O3. The number of carbonyl (C=O) groups is 1. The molecule has 0 spiro atoms. The minimum Gasteiger partial charge on any atom is -0.491 e. The van der Waals surface area contributed by atoms with Gasteiger partial charge in [-0.2, -0.15) is 5.10 Å². The molecule has 1 N–H and O–H groups in total. The lowest BCUT2D eigenvalue weighted by atomic mass is 10.1. The van der Waals surface area contributed by atoms with Crippen LogP contribution in [0.1, 0.15) is 24.8 Å². The first-order chi connectivity index (χ1) is 12.0. The molecule has 0 radical (unpaired) electrons. The fourth-order valence-electron chi connectivity index (χ4n) is 3.09. The zero-order chi connectivity index (χ0) is 17.7. The van der Waals surface area contributed by atoms with Gasteiger partial charge in [0.25, 0.3) is 0 Å². The van der Waals surface area contributed by atoms with Gasteiger partial charge in [-0.1, -0.05) is 12.1 Å². The van der Waals surface area contributed by atoms with Crippen LogP contribution in [0.25, 0.3) is 0 Å². The van der Waals surface area contributed by atoms with Crippen LogP contribution in [0.4, 0.5) is 0 Å². The average Bonchev–Trinajstić information content (AvgIpc) is 3.23. The lowest BCUT2D eigenvalue weighted by molar-refractivity contribution is -0.131. The molecule has 2 heterocycles. The van der Waals surface area contributed by atoms with Gasteiger partial charge in [0.05, 0.1) is 6.54 Å². The van der Waals surface area contributed by atoms with E-state index in [0.29, 0.717) is 25.9 Å². The van der Waals surface area contributed by atoms with E-state index in [1.807, 2.05) is 48.1 Å². The number of benzene rings is 1. The zero-order valence-electron chi connectivity index (χ0n) is 14.6. The Morgan fingerprint density at radius 2 is 2.28 bits per heavy atom. The number of ether oxygens (including phenoxy) is 1. The SMILES string of the molecule is Cc1cccc(OCC2(O)CCN(C(=O)CCCn3cccn3)C2)c1. The molecule has 0 aliphatic carbocycles. The number of β-amino-alcohol motifs (C(OH)–C–C–N with tert-alkyl or cyclic N) is 1. The molecule has 134 valence electrons. The van der Waals surface area contributed by atoms with Crippen molar-refractivity contribution in [2.24, 2.45) is 0 Å². The Morgan fingerprint density at radius 1 is 1.40 bits per heavy atom. The van der Waals surface area contributed by atoms with Crippen LogP contribution >= 0.6 is 0 Å². The summed E-state index contributed by atoms with van der Waals surface area (Å²) in [5.74, 6) is 0.830. The van der Waals surface area contributed by atoms with Crippen molar-refractivity contribution < 1.29 is 14.6 Å². The third kappa shape index (κ3) is 4.82. The smallest absolute Gasteiger partial charge is 0.222 e. The lowest BCUT2D eigenvalue weighted by Gasteiger charge is -2.23. The lowest BCUT2D eigenvalue weighted by Crippen LogP contribution is -2.40. The second-order valence-electron chi connectivity index (χ2n) is 6.77. The third-order valence-corrected chi connectivity index (χ3v) is 4.52. The molecule has 1 saturated heterocycles. The van der Waals surface area contributed by atoms with Crippen LogP contribution in [-0.2, 0) is 11.3 Å². The van der Waals surface area contributed by atoms with Gasteiger partial charge in [-0.25, -0.2) is 0 Å². The average molecular weight is 343 g/mol. The Morgan fingerprint density at radius 3 is 3.04 bits per heavy atom. The van der Waals surface area contributed by atoms with Crippen LogP contribution in [0.2, 0.25) is 0 Å². The predicted octanol–water partition coefficient (Wildman–Crippen LogP) is 2.01. The molecule has 1 atom stereocenters. The highest BCUT2D eigenvalue weighted by atomic mass is 16.5. The first-order valence-corrected chi connectivity index (χ1v) is 8.71. The van der Waals surface area contributed by atoms with E-state index in [9.17, 15) is 9.90 Å². The predicted molar refractivity (Wildman–Crippen MR) is 94.3 cm³/mol. The summed E-state index contributed by atoms with van der Waals surface area (Å²) in [6, 6.07) is 9.62. The maximum absolute atomic E-state index is 12.3. The number of aromatic nitrogens is 2. The summed E-state index contributed by atoms with van der Waals surface area (Å²) >= 11 is 0. The monoisotopic (exact) mass is 343 g/mol. The van der Waals surface area contributed by atoms with Crippen molar-refractivity contribution >= 4 is 5.91 Å². The highest BCUT2D eigenvalue weighted by molar-refractivity contribution is 5.76. The maximum Gasteiger partial charge on any atom is 0.222 e. The van der Waals surface area contributed by atoms with E-state index < -0.39 is 5.60 Å². The second-order valence-corrected chi connectivity index (χ2v) is 6.77. The number of aryl methyl sites for hydroxylation is 2. The van der Waals surface area contributed by atoms with Crippen molar-refractivity contribution in [3.63, 3.8) is 0 Å². The molecule has 0 saturated carbocycles. The van der Waals surface area contributed by atoms with Crippen molar-refractivity contribution in [2.75, 3.05) is 19.7 Å². The van der Waals surface area contributed by atoms with Gasteiger partial charge < -0.3 is 14.7 Å². The first kappa shape index (κ1) is 17.5. The van der Waals surface area contributed by atoms with Gasteiger partial charge in [-0.15, -0.1) is 0 Å². The van der Waals surface area contributed by atoms with Crippen molar-refractivity contribution in [3.8, 4) is 5.75 Å². The van der Waals surface area contributed by atoms with E-state index >= 15 is 0 Å². The molecule has 2 aromatic rings. The number of hydrogen-bond donors (Lipinski definition) is 1. The van der Waals surface area contributed by atoms with Crippen LogP contribution in [0.3, 0.4) is 0 Å². The maximum atomic E-state index is 12.3. The molecule has 1 aromatic carbocycles. The van der Waals surface area contributed by atoms with E-state index in [0.717, 1.165) is 24.3 Å². The zero-order valence-corrected chi connectivity index (χ0v) is 14.6. The number of aliphatic hydroxyl groups is 1. The molecule has 1 aliphatic heterocycles. The fraction of sp³-hybridized carbons (Fsp3) is 0.474. The van der Waals surface area contributed by atoms with Gasteiger partial charge in [0, 0.05) is 31.9 Å². The number of nitrogens with zero attached hydrogens (tertiary/aromatic N) is 3. The summed E-state index contributed by atoms with van der Waals surface area (Å²) in [5, 5.41) is 14.8. The molecule has 1 fully saturated rings. The quantitative estimate of drug-likeness (QED) is 0.835. The molecular weight excluding hydrogens is 318 g/mol. The Bertz CT molecular complexity index is 702. The van der Waals surface area contributed by atoms with Crippen LogP contribution in [0.15, 0.2) is 42.7 Å². The summed E-state index contributed by atoms with van der Waals surface area (Å²) in [5.41, 5.74) is 0.145. The second kappa shape index (κ2) is 7.70. The van der Waals surface area contributed by atoms with Crippen LogP contribution in [0, 0.1) is 6.92 Å². The van der Waals surface area contributed by atoms with Crippen molar-refractivity contribution in [2.45, 2.75) is 38.3 Å². The summed E-state index contributed by atoms with van der Waals surface area (Å²) in [7, 11) is 0. The Hall–Kier alpha value is -2.34. The number of rotatable bonds is 7. The van der Waals surface area contributed by atoms with Gasteiger partial charge in [-0.05, 0) is 43.5 Å². The normalized spacial score (nSPS) is 20.0. The van der Waals surface area contributed by atoms with E-state index in [1.165, 1.54) is 0 Å². The highest BCUT2D eigenvalue weighted by Crippen LogP contribution is 2.24. The summed E-state index contributed by atoms with van der Waals surface area (Å²) in [4.78, 5) is 14.1. The fourth-order valence-corrected chi connectivity index (χ4v) is 3.09. The van der Waals surface area contributed by atoms with E-state index in [4.69, 9.17) is 4.74 Å². The molecule has 1 aliphatic rings. The molecule has 1 aromatic heterocycles. The van der Waals surface area contributed by atoms with Crippen molar-refractivity contribution in [3.05, 3.63) is 48.3 Å². The van der Waals surface area contributed by atoms with Gasteiger partial charge in [-0.3, -0.25) is 9.48 Å². The summed E-state index contributed by atoms with van der Waals surface area (Å²) < 4.78 is 7.56. The molecule has 25 heavy (non-hydrogen) atoms. The summed E-state index contributed by atoms with van der Waals surface area (Å²) in [6.45, 7) is 3.84. The van der Waals surface area contributed by atoms with Crippen LogP contribution < -0.4 is 4.74 Å².